The van der Waals surface area contributed by atoms with E-state index >= 15 is 0 Å². The molecule has 16 heavy (non-hydrogen) atoms. The first-order valence-corrected chi connectivity index (χ1v) is 6.11. The Hall–Kier alpha value is -0.950. The smallest absolute Gasteiger partial charge is 0.132 e. The molecular formula is C14H17ClO. The molecule has 0 aliphatic heterocycles. The molecule has 2 heteroatoms. The number of allylic oxidation sites excluding steroid dienone is 4. The van der Waals surface area contributed by atoms with Crippen molar-refractivity contribution in [1.29, 1.82) is 0 Å². The van der Waals surface area contributed by atoms with Crippen LogP contribution in [0.3, 0.4) is 0 Å². The molecule has 1 aliphatic rings. The monoisotopic (exact) mass is 236 g/mol. The van der Waals surface area contributed by atoms with Gasteiger partial charge in [-0.1, -0.05) is 38.4 Å². The van der Waals surface area contributed by atoms with Gasteiger partial charge >= 0.3 is 0 Å². The van der Waals surface area contributed by atoms with Gasteiger partial charge < -0.3 is 4.42 Å². The van der Waals surface area contributed by atoms with Crippen molar-refractivity contribution in [1.82, 2.24) is 0 Å². The zero-order valence-corrected chi connectivity index (χ0v) is 10.8. The maximum atomic E-state index is 6.22. The average molecular weight is 237 g/mol. The normalized spacial score (nSPS) is 18.5. The second-order valence-corrected chi connectivity index (χ2v) is 5.20. The standard InChI is InChI=1S/C14H17ClO/c1-4-5-10-6-7-12(16-10)13-11(15)8-9-14(13,2)3/h6-9H,4-5H2,1-3H3. The summed E-state index contributed by atoms with van der Waals surface area (Å²) in [5.41, 5.74) is 1.06. The van der Waals surface area contributed by atoms with Gasteiger partial charge in [0.05, 0.1) is 0 Å². The van der Waals surface area contributed by atoms with Gasteiger partial charge in [-0.3, -0.25) is 0 Å². The Kier molecular flexibility index (Phi) is 2.98. The summed E-state index contributed by atoms with van der Waals surface area (Å²) in [5, 5.41) is 0.794. The summed E-state index contributed by atoms with van der Waals surface area (Å²) in [7, 11) is 0. The Morgan fingerprint density at radius 3 is 2.62 bits per heavy atom. The third-order valence-electron chi connectivity index (χ3n) is 2.93. The van der Waals surface area contributed by atoms with Crippen molar-refractivity contribution in [3.63, 3.8) is 0 Å². The SMILES string of the molecule is CCCc1ccc(C2=C(Cl)C=CC2(C)C)o1. The number of furan rings is 1. The minimum absolute atomic E-state index is 0.0293. The highest BCUT2D eigenvalue weighted by Crippen LogP contribution is 2.45. The summed E-state index contributed by atoms with van der Waals surface area (Å²) >= 11 is 6.22. The summed E-state index contributed by atoms with van der Waals surface area (Å²) in [4.78, 5) is 0. The summed E-state index contributed by atoms with van der Waals surface area (Å²) < 4.78 is 5.83. The van der Waals surface area contributed by atoms with Crippen molar-refractivity contribution in [2.45, 2.75) is 33.6 Å². The lowest BCUT2D eigenvalue weighted by molar-refractivity contribution is 0.482. The second kappa shape index (κ2) is 4.14. The van der Waals surface area contributed by atoms with E-state index in [1.165, 1.54) is 0 Å². The zero-order chi connectivity index (χ0) is 11.8. The number of halogens is 1. The molecule has 0 N–H and O–H groups in total. The van der Waals surface area contributed by atoms with Crippen LogP contribution in [0.2, 0.25) is 0 Å². The fourth-order valence-corrected chi connectivity index (χ4v) is 2.48. The largest absolute Gasteiger partial charge is 0.461 e. The lowest BCUT2D eigenvalue weighted by Crippen LogP contribution is -2.07. The minimum atomic E-state index is -0.0293. The third kappa shape index (κ3) is 1.97. The van der Waals surface area contributed by atoms with Crippen molar-refractivity contribution in [3.8, 4) is 0 Å². The first kappa shape index (κ1) is 11.5. The van der Waals surface area contributed by atoms with Crippen LogP contribution in [0.1, 0.15) is 38.7 Å². The van der Waals surface area contributed by atoms with E-state index in [1.807, 2.05) is 18.2 Å². The molecule has 1 aromatic rings. The molecule has 1 heterocycles. The average Bonchev–Trinajstić information content (AvgIpc) is 2.73. The number of hydrogen-bond acceptors (Lipinski definition) is 1. The molecule has 1 aromatic heterocycles. The van der Waals surface area contributed by atoms with Gasteiger partial charge in [0, 0.05) is 22.4 Å². The van der Waals surface area contributed by atoms with Gasteiger partial charge in [0.2, 0.25) is 0 Å². The van der Waals surface area contributed by atoms with Crippen LogP contribution in [0, 0.1) is 5.41 Å². The molecule has 1 nitrogen and oxygen atoms in total. The van der Waals surface area contributed by atoms with Crippen molar-refractivity contribution in [3.05, 3.63) is 40.8 Å². The van der Waals surface area contributed by atoms with E-state index < -0.39 is 0 Å². The topological polar surface area (TPSA) is 13.1 Å². The Labute approximate surface area is 102 Å². The fraction of sp³-hybridized carbons (Fsp3) is 0.429. The van der Waals surface area contributed by atoms with Gasteiger partial charge in [-0.05, 0) is 24.6 Å². The van der Waals surface area contributed by atoms with Gasteiger partial charge in [0.25, 0.3) is 0 Å². The van der Waals surface area contributed by atoms with Gasteiger partial charge in [0.1, 0.15) is 11.5 Å². The first-order chi connectivity index (χ1) is 7.54. The summed E-state index contributed by atoms with van der Waals surface area (Å²) in [6.45, 7) is 6.45. The van der Waals surface area contributed by atoms with E-state index in [2.05, 4.69) is 26.8 Å². The Bertz CT molecular complexity index is 449. The molecule has 0 spiro atoms. The number of aryl methyl sites for hydroxylation is 1. The lowest BCUT2D eigenvalue weighted by atomic mass is 9.86. The van der Waals surface area contributed by atoms with Crippen LogP contribution in [-0.4, -0.2) is 0 Å². The fourth-order valence-electron chi connectivity index (χ4n) is 2.08. The Morgan fingerprint density at radius 1 is 1.31 bits per heavy atom. The van der Waals surface area contributed by atoms with Gasteiger partial charge in [-0.15, -0.1) is 0 Å². The molecule has 0 fully saturated rings. The first-order valence-electron chi connectivity index (χ1n) is 5.73. The van der Waals surface area contributed by atoms with Crippen LogP contribution in [0.25, 0.3) is 5.57 Å². The molecule has 0 amide bonds. The van der Waals surface area contributed by atoms with Crippen LogP contribution in [-0.2, 0) is 6.42 Å². The Balaban J connectivity index is 2.34. The molecule has 0 aromatic carbocycles. The summed E-state index contributed by atoms with van der Waals surface area (Å²) in [6, 6.07) is 4.07. The lowest BCUT2D eigenvalue weighted by Gasteiger charge is -2.19. The quantitative estimate of drug-likeness (QED) is 0.736. The summed E-state index contributed by atoms with van der Waals surface area (Å²) in [6.07, 6.45) is 6.16. The maximum absolute atomic E-state index is 6.22. The van der Waals surface area contributed by atoms with E-state index in [0.29, 0.717) is 0 Å². The van der Waals surface area contributed by atoms with Gasteiger partial charge in [-0.25, -0.2) is 0 Å². The van der Waals surface area contributed by atoms with Crippen LogP contribution in [0.15, 0.2) is 33.7 Å². The molecule has 0 radical (unpaired) electrons. The van der Waals surface area contributed by atoms with E-state index in [0.717, 1.165) is 35.0 Å². The van der Waals surface area contributed by atoms with Gasteiger partial charge in [0.15, 0.2) is 0 Å². The predicted molar refractivity (Wildman–Crippen MR) is 68.4 cm³/mol. The van der Waals surface area contributed by atoms with Crippen LogP contribution >= 0.6 is 11.6 Å². The molecule has 0 saturated carbocycles. The van der Waals surface area contributed by atoms with Gasteiger partial charge in [-0.2, -0.15) is 0 Å². The molecule has 1 aliphatic carbocycles. The van der Waals surface area contributed by atoms with E-state index in [9.17, 15) is 0 Å². The Morgan fingerprint density at radius 2 is 2.06 bits per heavy atom. The molecule has 0 atom stereocenters. The van der Waals surface area contributed by atoms with Crippen molar-refractivity contribution in [2.24, 2.45) is 5.41 Å². The van der Waals surface area contributed by atoms with Crippen molar-refractivity contribution < 1.29 is 4.42 Å². The summed E-state index contributed by atoms with van der Waals surface area (Å²) in [5.74, 6) is 1.95. The maximum Gasteiger partial charge on any atom is 0.132 e. The van der Waals surface area contributed by atoms with E-state index in [4.69, 9.17) is 16.0 Å². The molecular weight excluding hydrogens is 220 g/mol. The molecule has 0 bridgehead atoms. The highest BCUT2D eigenvalue weighted by atomic mass is 35.5. The number of hydrogen-bond donors (Lipinski definition) is 0. The van der Waals surface area contributed by atoms with Crippen LogP contribution in [0.4, 0.5) is 0 Å². The highest BCUT2D eigenvalue weighted by Gasteiger charge is 2.30. The third-order valence-corrected chi connectivity index (χ3v) is 3.25. The molecule has 0 saturated heterocycles. The zero-order valence-electron chi connectivity index (χ0n) is 10.0. The van der Waals surface area contributed by atoms with E-state index in [-0.39, 0.29) is 5.41 Å². The van der Waals surface area contributed by atoms with Crippen molar-refractivity contribution in [2.75, 3.05) is 0 Å². The van der Waals surface area contributed by atoms with Crippen LogP contribution < -0.4 is 0 Å². The molecule has 86 valence electrons. The highest BCUT2D eigenvalue weighted by molar-refractivity contribution is 6.35. The predicted octanol–water partition coefficient (Wildman–Crippen LogP) is 4.78. The van der Waals surface area contributed by atoms with E-state index in [1.54, 1.807) is 0 Å². The second-order valence-electron chi connectivity index (χ2n) is 4.79. The van der Waals surface area contributed by atoms with Crippen molar-refractivity contribution >= 4 is 17.2 Å². The van der Waals surface area contributed by atoms with Crippen LogP contribution in [0.5, 0.6) is 0 Å². The number of rotatable bonds is 3. The molecule has 0 unspecified atom stereocenters. The molecule has 2 rings (SSSR count). The minimum Gasteiger partial charge on any atom is -0.461 e.